The zero-order chi connectivity index (χ0) is 12.3. The van der Waals surface area contributed by atoms with Crippen molar-refractivity contribution in [3.8, 4) is 0 Å². The molecule has 0 saturated heterocycles. The van der Waals surface area contributed by atoms with Gasteiger partial charge in [0.1, 0.15) is 5.82 Å². The van der Waals surface area contributed by atoms with E-state index >= 15 is 0 Å². The van der Waals surface area contributed by atoms with E-state index in [0.717, 1.165) is 5.69 Å². The highest BCUT2D eigenvalue weighted by Crippen LogP contribution is 2.25. The largest absolute Gasteiger partial charge is 0.361 e. The van der Waals surface area contributed by atoms with E-state index < -0.39 is 0 Å². The van der Waals surface area contributed by atoms with Crippen LogP contribution in [0.5, 0.6) is 0 Å². The topological polar surface area (TPSA) is 37.8 Å². The number of hydrogen-bond acceptors (Lipinski definition) is 3. The molecule has 0 aliphatic rings. The Bertz CT molecular complexity index is 502. The fourth-order valence-corrected chi connectivity index (χ4v) is 1.87. The summed E-state index contributed by atoms with van der Waals surface area (Å²) in [5.41, 5.74) is 0.931. The molecule has 0 saturated carbocycles. The van der Waals surface area contributed by atoms with Gasteiger partial charge in [0.05, 0.1) is 21.8 Å². The first-order valence-electron chi connectivity index (χ1n) is 5.15. The predicted molar refractivity (Wildman–Crippen MR) is 70.5 cm³/mol. The average molecular weight is 268 g/mol. The second kappa shape index (κ2) is 5.34. The Labute approximate surface area is 110 Å². The van der Waals surface area contributed by atoms with Crippen LogP contribution in [0.1, 0.15) is 18.7 Å². The van der Waals surface area contributed by atoms with Crippen LogP contribution in [0.3, 0.4) is 0 Å². The Kier molecular flexibility index (Phi) is 3.82. The van der Waals surface area contributed by atoms with Gasteiger partial charge in [0.15, 0.2) is 0 Å². The van der Waals surface area contributed by atoms with Gasteiger partial charge in [0.2, 0.25) is 0 Å². The second-order valence-electron chi connectivity index (χ2n) is 3.60. The highest BCUT2D eigenvalue weighted by molar-refractivity contribution is 6.35. The van der Waals surface area contributed by atoms with Crippen LogP contribution in [0, 0.1) is 0 Å². The van der Waals surface area contributed by atoms with E-state index in [-0.39, 0.29) is 6.04 Å². The van der Waals surface area contributed by atoms with Crippen LogP contribution in [-0.4, -0.2) is 9.97 Å². The van der Waals surface area contributed by atoms with Crippen LogP contribution >= 0.6 is 23.2 Å². The second-order valence-corrected chi connectivity index (χ2v) is 4.45. The number of halogens is 2. The molecule has 1 atom stereocenters. The number of pyridine rings is 2. The summed E-state index contributed by atoms with van der Waals surface area (Å²) in [4.78, 5) is 8.40. The first-order valence-corrected chi connectivity index (χ1v) is 5.91. The molecule has 3 nitrogen and oxygen atoms in total. The molecule has 0 fully saturated rings. The van der Waals surface area contributed by atoms with E-state index in [1.807, 2.05) is 25.1 Å². The van der Waals surface area contributed by atoms with Crippen molar-refractivity contribution in [3.05, 3.63) is 52.4 Å². The molecular weight excluding hydrogens is 257 g/mol. The molecule has 2 heterocycles. The molecule has 17 heavy (non-hydrogen) atoms. The van der Waals surface area contributed by atoms with Gasteiger partial charge in [-0.25, -0.2) is 4.98 Å². The lowest BCUT2D eigenvalue weighted by Gasteiger charge is -2.14. The van der Waals surface area contributed by atoms with Crippen LogP contribution in [0.2, 0.25) is 10.0 Å². The highest BCUT2D eigenvalue weighted by atomic mass is 35.5. The molecule has 88 valence electrons. The fourth-order valence-electron chi connectivity index (χ4n) is 1.43. The van der Waals surface area contributed by atoms with Gasteiger partial charge >= 0.3 is 0 Å². The maximum Gasteiger partial charge on any atom is 0.145 e. The Balaban J connectivity index is 2.16. The summed E-state index contributed by atoms with van der Waals surface area (Å²) < 4.78 is 0. The maximum absolute atomic E-state index is 6.03. The van der Waals surface area contributed by atoms with Crippen molar-refractivity contribution in [2.45, 2.75) is 13.0 Å². The lowest BCUT2D eigenvalue weighted by molar-refractivity contribution is 0.832. The van der Waals surface area contributed by atoms with Crippen LogP contribution in [0.15, 0.2) is 36.7 Å². The van der Waals surface area contributed by atoms with Crippen molar-refractivity contribution in [2.24, 2.45) is 0 Å². The van der Waals surface area contributed by atoms with Gasteiger partial charge in [-0.15, -0.1) is 0 Å². The molecule has 0 spiro atoms. The number of hydrogen-bond donors (Lipinski definition) is 1. The fraction of sp³-hybridized carbons (Fsp3) is 0.167. The van der Waals surface area contributed by atoms with E-state index in [4.69, 9.17) is 23.2 Å². The molecule has 1 unspecified atom stereocenters. The maximum atomic E-state index is 6.03. The van der Waals surface area contributed by atoms with Crippen LogP contribution in [-0.2, 0) is 0 Å². The molecule has 0 aliphatic heterocycles. The molecule has 0 aromatic carbocycles. The summed E-state index contributed by atoms with van der Waals surface area (Å²) in [5.74, 6) is 0.606. The van der Waals surface area contributed by atoms with E-state index in [9.17, 15) is 0 Å². The summed E-state index contributed by atoms with van der Waals surface area (Å²) in [7, 11) is 0. The quantitative estimate of drug-likeness (QED) is 0.915. The van der Waals surface area contributed by atoms with Gasteiger partial charge in [-0.2, -0.15) is 0 Å². The minimum atomic E-state index is 0.0300. The van der Waals surface area contributed by atoms with Gasteiger partial charge in [0, 0.05) is 12.4 Å². The standard InChI is InChI=1S/C12H11Cl2N3/c1-8(11-4-2-3-5-15-11)17-12-10(14)6-9(13)7-16-12/h2-8H,1H3,(H,16,17). The molecule has 0 amide bonds. The van der Waals surface area contributed by atoms with Crippen LogP contribution in [0.25, 0.3) is 0 Å². The summed E-state index contributed by atoms with van der Waals surface area (Å²) in [5, 5.41) is 4.21. The Morgan fingerprint density at radius 1 is 1.24 bits per heavy atom. The molecular formula is C12H11Cl2N3. The smallest absolute Gasteiger partial charge is 0.145 e. The van der Waals surface area contributed by atoms with Crippen LogP contribution < -0.4 is 5.32 Å². The Morgan fingerprint density at radius 3 is 2.71 bits per heavy atom. The Morgan fingerprint density at radius 2 is 2.06 bits per heavy atom. The number of aromatic nitrogens is 2. The number of rotatable bonds is 3. The highest BCUT2D eigenvalue weighted by Gasteiger charge is 2.09. The lowest BCUT2D eigenvalue weighted by atomic mass is 10.2. The van der Waals surface area contributed by atoms with Gasteiger partial charge in [-0.1, -0.05) is 29.3 Å². The van der Waals surface area contributed by atoms with Gasteiger partial charge in [-0.3, -0.25) is 4.98 Å². The minimum Gasteiger partial charge on any atom is -0.361 e. The van der Waals surface area contributed by atoms with Gasteiger partial charge < -0.3 is 5.32 Å². The molecule has 2 rings (SSSR count). The first kappa shape index (κ1) is 12.1. The van der Waals surface area contributed by atoms with Crippen molar-refractivity contribution < 1.29 is 0 Å². The zero-order valence-electron chi connectivity index (χ0n) is 9.19. The van der Waals surface area contributed by atoms with Crippen LogP contribution in [0.4, 0.5) is 5.82 Å². The average Bonchev–Trinajstić information content (AvgIpc) is 2.34. The summed E-state index contributed by atoms with van der Waals surface area (Å²) >= 11 is 11.8. The summed E-state index contributed by atoms with van der Waals surface area (Å²) in [6.07, 6.45) is 3.31. The lowest BCUT2D eigenvalue weighted by Crippen LogP contribution is -2.09. The summed E-state index contributed by atoms with van der Waals surface area (Å²) in [6, 6.07) is 7.45. The molecule has 2 aromatic rings. The molecule has 2 aromatic heterocycles. The van der Waals surface area contributed by atoms with Crippen molar-refractivity contribution in [3.63, 3.8) is 0 Å². The van der Waals surface area contributed by atoms with E-state index in [1.165, 1.54) is 0 Å². The number of nitrogens with one attached hydrogen (secondary N) is 1. The monoisotopic (exact) mass is 267 g/mol. The molecule has 0 radical (unpaired) electrons. The third-order valence-corrected chi connectivity index (χ3v) is 2.79. The predicted octanol–water partition coefficient (Wildman–Crippen LogP) is 3.96. The van der Waals surface area contributed by atoms with Crippen molar-refractivity contribution in [1.82, 2.24) is 9.97 Å². The molecule has 5 heteroatoms. The SMILES string of the molecule is CC(Nc1ncc(Cl)cc1Cl)c1ccccn1. The molecule has 1 N–H and O–H groups in total. The van der Waals surface area contributed by atoms with Gasteiger partial charge in [0.25, 0.3) is 0 Å². The number of anilines is 1. The third kappa shape index (κ3) is 3.08. The van der Waals surface area contributed by atoms with Crippen molar-refractivity contribution in [2.75, 3.05) is 5.32 Å². The van der Waals surface area contributed by atoms with Crippen molar-refractivity contribution in [1.29, 1.82) is 0 Å². The zero-order valence-corrected chi connectivity index (χ0v) is 10.7. The summed E-state index contributed by atoms with van der Waals surface area (Å²) in [6.45, 7) is 1.99. The normalized spacial score (nSPS) is 12.2. The molecule has 0 aliphatic carbocycles. The van der Waals surface area contributed by atoms with Crippen molar-refractivity contribution >= 4 is 29.0 Å². The number of nitrogens with zero attached hydrogens (tertiary/aromatic N) is 2. The van der Waals surface area contributed by atoms with Gasteiger partial charge in [-0.05, 0) is 25.1 Å². The molecule has 0 bridgehead atoms. The van der Waals surface area contributed by atoms with E-state index in [1.54, 1.807) is 18.5 Å². The Hall–Kier alpha value is -1.32. The third-order valence-electron chi connectivity index (χ3n) is 2.29. The first-order chi connectivity index (χ1) is 8.16. The van der Waals surface area contributed by atoms with E-state index in [0.29, 0.717) is 15.9 Å². The minimum absolute atomic E-state index is 0.0300. The van der Waals surface area contributed by atoms with E-state index in [2.05, 4.69) is 15.3 Å².